The lowest BCUT2D eigenvalue weighted by Crippen LogP contribution is -2.40. The van der Waals surface area contributed by atoms with E-state index in [0.29, 0.717) is 17.6 Å². The van der Waals surface area contributed by atoms with Crippen molar-refractivity contribution in [3.8, 4) is 11.5 Å². The van der Waals surface area contributed by atoms with Gasteiger partial charge in [-0.1, -0.05) is 6.42 Å². The zero-order valence-electron chi connectivity index (χ0n) is 13.8. The Hall–Kier alpha value is -2.35. The maximum atomic E-state index is 13.8. The van der Waals surface area contributed by atoms with E-state index < -0.39 is 32.3 Å². The molecule has 1 spiro atoms. The van der Waals surface area contributed by atoms with Crippen molar-refractivity contribution in [2.75, 3.05) is 4.72 Å². The van der Waals surface area contributed by atoms with Crippen molar-refractivity contribution < 1.29 is 26.7 Å². The van der Waals surface area contributed by atoms with Crippen LogP contribution in [0, 0.1) is 11.6 Å². The number of halogens is 2. The number of rotatable bonds is 3. The largest absolute Gasteiger partial charge is 0.448 e. The zero-order valence-corrected chi connectivity index (χ0v) is 14.6. The van der Waals surface area contributed by atoms with Crippen LogP contribution in [0.3, 0.4) is 0 Å². The van der Waals surface area contributed by atoms with E-state index >= 15 is 0 Å². The zero-order chi connectivity index (χ0) is 18.4. The Labute approximate surface area is 150 Å². The van der Waals surface area contributed by atoms with Crippen molar-refractivity contribution in [1.82, 2.24) is 0 Å². The second kappa shape index (κ2) is 6.12. The molecular weight excluding hydrogens is 364 g/mol. The third-order valence-corrected chi connectivity index (χ3v) is 5.98. The summed E-state index contributed by atoms with van der Waals surface area (Å²) in [7, 11) is -4.28. The van der Waals surface area contributed by atoms with Crippen molar-refractivity contribution >= 4 is 15.7 Å². The van der Waals surface area contributed by atoms with Crippen molar-refractivity contribution in [3.63, 3.8) is 0 Å². The van der Waals surface area contributed by atoms with Crippen LogP contribution in [0.2, 0.25) is 0 Å². The molecule has 0 saturated heterocycles. The van der Waals surface area contributed by atoms with Crippen molar-refractivity contribution in [1.29, 1.82) is 0 Å². The maximum absolute atomic E-state index is 13.8. The molecule has 0 unspecified atom stereocenters. The maximum Gasteiger partial charge on any atom is 0.264 e. The van der Waals surface area contributed by atoms with Crippen LogP contribution in [0.15, 0.2) is 41.3 Å². The van der Waals surface area contributed by atoms with Gasteiger partial charge in [0.2, 0.25) is 0 Å². The Bertz CT molecular complexity index is 956. The first-order valence-corrected chi connectivity index (χ1v) is 9.85. The van der Waals surface area contributed by atoms with E-state index in [9.17, 15) is 17.2 Å². The highest BCUT2D eigenvalue weighted by Gasteiger charge is 2.42. The minimum atomic E-state index is -4.28. The molecule has 5 nitrogen and oxygen atoms in total. The molecule has 2 aromatic carbocycles. The van der Waals surface area contributed by atoms with Gasteiger partial charge in [-0.3, -0.25) is 4.72 Å². The van der Waals surface area contributed by atoms with Crippen LogP contribution >= 0.6 is 0 Å². The fourth-order valence-corrected chi connectivity index (χ4v) is 4.48. The Balaban J connectivity index is 1.59. The molecule has 1 aliphatic heterocycles. The minimum absolute atomic E-state index is 0.184. The average molecular weight is 381 g/mol. The molecule has 1 heterocycles. The topological polar surface area (TPSA) is 64.6 Å². The van der Waals surface area contributed by atoms with Gasteiger partial charge in [0.05, 0.1) is 5.69 Å². The van der Waals surface area contributed by atoms with Crippen LogP contribution in [0.25, 0.3) is 0 Å². The molecule has 0 atom stereocenters. The lowest BCUT2D eigenvalue weighted by molar-refractivity contribution is -0.105. The number of hydrogen-bond acceptors (Lipinski definition) is 4. The van der Waals surface area contributed by atoms with Gasteiger partial charge < -0.3 is 9.47 Å². The molecule has 2 aliphatic rings. The van der Waals surface area contributed by atoms with Crippen molar-refractivity contribution in [3.05, 3.63) is 48.0 Å². The number of fused-ring (bicyclic) bond motifs is 1. The summed E-state index contributed by atoms with van der Waals surface area (Å²) in [5.74, 6) is -1.55. The number of sulfonamides is 1. The second-order valence-corrected chi connectivity index (χ2v) is 8.17. The van der Waals surface area contributed by atoms with Gasteiger partial charge in [-0.25, -0.2) is 17.2 Å². The summed E-state index contributed by atoms with van der Waals surface area (Å²) in [6.07, 6.45) is 4.70. The van der Waals surface area contributed by atoms with Crippen LogP contribution in [-0.2, 0) is 10.0 Å². The van der Waals surface area contributed by atoms with Crippen LogP contribution in [-0.4, -0.2) is 14.2 Å². The molecular formula is C18H17F2NO4S. The number of ether oxygens (including phenoxy) is 2. The SMILES string of the molecule is O=S(=O)(Nc1ccc2c(c1)OC1(CCCCC1)O2)c1cc(F)ccc1F. The van der Waals surface area contributed by atoms with Crippen LogP contribution < -0.4 is 14.2 Å². The minimum Gasteiger partial charge on any atom is -0.448 e. The average Bonchev–Trinajstić information content (AvgIpc) is 2.93. The summed E-state index contributed by atoms with van der Waals surface area (Å²) in [5, 5.41) is 0. The van der Waals surface area contributed by atoms with Gasteiger partial charge in [0.25, 0.3) is 15.8 Å². The van der Waals surface area contributed by atoms with Gasteiger partial charge in [-0.05, 0) is 43.2 Å². The van der Waals surface area contributed by atoms with Gasteiger partial charge >= 0.3 is 0 Å². The van der Waals surface area contributed by atoms with Crippen molar-refractivity contribution in [2.45, 2.75) is 42.8 Å². The molecule has 2 aromatic rings. The quantitative estimate of drug-likeness (QED) is 0.866. The molecule has 0 radical (unpaired) electrons. The molecule has 0 amide bonds. The summed E-state index contributed by atoms with van der Waals surface area (Å²) >= 11 is 0. The summed E-state index contributed by atoms with van der Waals surface area (Å²) in [5.41, 5.74) is 0.184. The number of anilines is 1. The first-order chi connectivity index (χ1) is 12.4. The molecule has 0 aromatic heterocycles. The smallest absolute Gasteiger partial charge is 0.264 e. The molecule has 1 saturated carbocycles. The van der Waals surface area contributed by atoms with E-state index in [1.165, 1.54) is 12.1 Å². The van der Waals surface area contributed by atoms with E-state index in [2.05, 4.69) is 4.72 Å². The predicted molar refractivity (Wildman–Crippen MR) is 90.7 cm³/mol. The van der Waals surface area contributed by atoms with Crippen LogP contribution in [0.5, 0.6) is 11.5 Å². The molecule has 8 heteroatoms. The molecule has 1 fully saturated rings. The molecule has 1 aliphatic carbocycles. The van der Waals surface area contributed by atoms with Crippen LogP contribution in [0.4, 0.5) is 14.5 Å². The molecule has 1 N–H and O–H groups in total. The Kier molecular flexibility index (Phi) is 4.02. The Morgan fingerprint density at radius 1 is 0.923 bits per heavy atom. The molecule has 0 bridgehead atoms. The summed E-state index contributed by atoms with van der Waals surface area (Å²) < 4.78 is 66.0. The van der Waals surface area contributed by atoms with Crippen molar-refractivity contribution in [2.24, 2.45) is 0 Å². The van der Waals surface area contributed by atoms with Gasteiger partial charge in [0.15, 0.2) is 11.5 Å². The first-order valence-electron chi connectivity index (χ1n) is 8.37. The highest BCUT2D eigenvalue weighted by Crippen LogP contribution is 2.46. The Morgan fingerprint density at radius 2 is 1.65 bits per heavy atom. The summed E-state index contributed by atoms with van der Waals surface area (Å²) in [4.78, 5) is -0.751. The number of benzene rings is 2. The summed E-state index contributed by atoms with van der Waals surface area (Å²) in [6.45, 7) is 0. The van der Waals surface area contributed by atoms with E-state index in [0.717, 1.165) is 44.2 Å². The summed E-state index contributed by atoms with van der Waals surface area (Å²) in [6, 6.07) is 6.88. The number of nitrogens with one attached hydrogen (secondary N) is 1. The lowest BCUT2D eigenvalue weighted by atomic mass is 9.94. The van der Waals surface area contributed by atoms with Gasteiger partial charge in [0.1, 0.15) is 16.5 Å². The van der Waals surface area contributed by atoms with E-state index in [1.54, 1.807) is 6.07 Å². The lowest BCUT2D eigenvalue weighted by Gasteiger charge is -2.31. The fraction of sp³-hybridized carbons (Fsp3) is 0.333. The van der Waals surface area contributed by atoms with Crippen LogP contribution in [0.1, 0.15) is 32.1 Å². The van der Waals surface area contributed by atoms with E-state index in [-0.39, 0.29) is 5.69 Å². The standard InChI is InChI=1S/C18H17F2NO4S/c19-12-4-6-14(20)17(10-12)26(22,23)21-13-5-7-15-16(11-13)25-18(24-15)8-2-1-3-9-18/h4-7,10-11,21H,1-3,8-9H2. The van der Waals surface area contributed by atoms with Gasteiger partial charge in [-0.15, -0.1) is 0 Å². The third-order valence-electron chi connectivity index (χ3n) is 4.59. The highest BCUT2D eigenvalue weighted by molar-refractivity contribution is 7.92. The fourth-order valence-electron chi connectivity index (χ4n) is 3.35. The second-order valence-electron chi connectivity index (χ2n) is 6.52. The molecule has 26 heavy (non-hydrogen) atoms. The number of hydrogen-bond donors (Lipinski definition) is 1. The van der Waals surface area contributed by atoms with E-state index in [1.807, 2.05) is 0 Å². The highest BCUT2D eigenvalue weighted by atomic mass is 32.2. The molecule has 138 valence electrons. The van der Waals surface area contributed by atoms with Gasteiger partial charge in [-0.2, -0.15) is 0 Å². The van der Waals surface area contributed by atoms with Gasteiger partial charge in [0, 0.05) is 18.9 Å². The Morgan fingerprint density at radius 3 is 2.42 bits per heavy atom. The monoisotopic (exact) mass is 381 g/mol. The normalized spacial score (nSPS) is 18.1. The molecule has 4 rings (SSSR count). The predicted octanol–water partition coefficient (Wildman–Crippen LogP) is 4.20. The van der Waals surface area contributed by atoms with E-state index in [4.69, 9.17) is 9.47 Å². The third kappa shape index (κ3) is 3.09. The first kappa shape index (κ1) is 17.1.